The quantitative estimate of drug-likeness (QED) is 0.898. The highest BCUT2D eigenvalue weighted by molar-refractivity contribution is 7.07. The summed E-state index contributed by atoms with van der Waals surface area (Å²) in [5, 5.41) is 14.4. The highest BCUT2D eigenvalue weighted by atomic mass is 32.1. The number of hydrogen-bond donors (Lipinski definition) is 1. The first-order valence-electron chi connectivity index (χ1n) is 5.42. The first kappa shape index (κ1) is 11.6. The van der Waals surface area contributed by atoms with Crippen molar-refractivity contribution < 1.29 is 0 Å². The van der Waals surface area contributed by atoms with Crippen molar-refractivity contribution in [3.63, 3.8) is 0 Å². The SMILES string of the molecule is Cc1cccc(C#N)c1NCCc1cscn1. The molecule has 0 unspecified atom stereocenters. The summed E-state index contributed by atoms with van der Waals surface area (Å²) < 4.78 is 0. The maximum atomic E-state index is 9.03. The van der Waals surface area contributed by atoms with Gasteiger partial charge in [0.2, 0.25) is 0 Å². The summed E-state index contributed by atoms with van der Waals surface area (Å²) in [6, 6.07) is 7.94. The molecule has 86 valence electrons. The number of nitrogens with one attached hydrogen (secondary N) is 1. The Labute approximate surface area is 105 Å². The predicted molar refractivity (Wildman–Crippen MR) is 70.2 cm³/mol. The van der Waals surface area contributed by atoms with Gasteiger partial charge in [0.1, 0.15) is 6.07 Å². The molecule has 4 heteroatoms. The Kier molecular flexibility index (Phi) is 3.73. The molecule has 1 N–H and O–H groups in total. The molecular formula is C13H13N3S. The lowest BCUT2D eigenvalue weighted by molar-refractivity contribution is 0.974. The van der Waals surface area contributed by atoms with E-state index in [4.69, 9.17) is 5.26 Å². The van der Waals surface area contributed by atoms with Crippen LogP contribution in [0.2, 0.25) is 0 Å². The molecule has 0 aliphatic heterocycles. The molecule has 0 bridgehead atoms. The van der Waals surface area contributed by atoms with Crippen LogP contribution in [-0.4, -0.2) is 11.5 Å². The van der Waals surface area contributed by atoms with E-state index in [1.807, 2.05) is 36.0 Å². The summed E-state index contributed by atoms with van der Waals surface area (Å²) in [5.74, 6) is 0. The number of rotatable bonds is 4. The number of para-hydroxylation sites is 1. The average molecular weight is 243 g/mol. The zero-order chi connectivity index (χ0) is 12.1. The molecule has 1 aromatic carbocycles. The highest BCUT2D eigenvalue weighted by Gasteiger charge is 2.04. The van der Waals surface area contributed by atoms with Crippen LogP contribution in [-0.2, 0) is 6.42 Å². The van der Waals surface area contributed by atoms with Crippen molar-refractivity contribution in [3.05, 3.63) is 45.9 Å². The van der Waals surface area contributed by atoms with Crippen molar-refractivity contribution in [1.82, 2.24) is 4.98 Å². The fourth-order valence-corrected chi connectivity index (χ4v) is 2.27. The van der Waals surface area contributed by atoms with Crippen LogP contribution in [0, 0.1) is 18.3 Å². The van der Waals surface area contributed by atoms with Crippen molar-refractivity contribution in [2.45, 2.75) is 13.3 Å². The third-order valence-electron chi connectivity index (χ3n) is 2.56. The van der Waals surface area contributed by atoms with E-state index in [2.05, 4.69) is 16.4 Å². The first-order valence-corrected chi connectivity index (χ1v) is 6.36. The van der Waals surface area contributed by atoms with Gasteiger partial charge in [0.05, 0.1) is 22.5 Å². The maximum absolute atomic E-state index is 9.03. The van der Waals surface area contributed by atoms with Gasteiger partial charge in [-0.1, -0.05) is 12.1 Å². The number of thiazole rings is 1. The molecule has 3 nitrogen and oxygen atoms in total. The predicted octanol–water partition coefficient (Wildman–Crippen LogP) is 2.98. The lowest BCUT2D eigenvalue weighted by Gasteiger charge is -2.10. The third-order valence-corrected chi connectivity index (χ3v) is 3.19. The minimum atomic E-state index is 0.697. The van der Waals surface area contributed by atoms with Gasteiger partial charge in [0.15, 0.2) is 0 Å². The maximum Gasteiger partial charge on any atom is 0.101 e. The summed E-state index contributed by atoms with van der Waals surface area (Å²) in [6.07, 6.45) is 0.878. The van der Waals surface area contributed by atoms with Gasteiger partial charge in [-0.2, -0.15) is 5.26 Å². The minimum Gasteiger partial charge on any atom is -0.383 e. The van der Waals surface area contributed by atoms with Crippen LogP contribution in [0.25, 0.3) is 0 Å². The van der Waals surface area contributed by atoms with Crippen LogP contribution < -0.4 is 5.32 Å². The van der Waals surface area contributed by atoms with Gasteiger partial charge in [-0.15, -0.1) is 11.3 Å². The summed E-state index contributed by atoms with van der Waals surface area (Å²) in [5.41, 5.74) is 5.66. The van der Waals surface area contributed by atoms with Crippen molar-refractivity contribution >= 4 is 17.0 Å². The molecule has 1 heterocycles. The molecule has 0 radical (unpaired) electrons. The van der Waals surface area contributed by atoms with Gasteiger partial charge >= 0.3 is 0 Å². The highest BCUT2D eigenvalue weighted by Crippen LogP contribution is 2.19. The number of nitrogens with zero attached hydrogens (tertiary/aromatic N) is 2. The first-order chi connectivity index (χ1) is 8.31. The monoisotopic (exact) mass is 243 g/mol. The second-order valence-electron chi connectivity index (χ2n) is 3.77. The summed E-state index contributed by atoms with van der Waals surface area (Å²) in [7, 11) is 0. The van der Waals surface area contributed by atoms with Crippen LogP contribution in [0.15, 0.2) is 29.1 Å². The molecule has 1 aromatic heterocycles. The molecule has 0 aliphatic rings. The van der Waals surface area contributed by atoms with Gasteiger partial charge in [-0.3, -0.25) is 0 Å². The van der Waals surface area contributed by atoms with Crippen LogP contribution in [0.5, 0.6) is 0 Å². The fraction of sp³-hybridized carbons (Fsp3) is 0.231. The van der Waals surface area contributed by atoms with Crippen LogP contribution in [0.1, 0.15) is 16.8 Å². The molecule has 0 saturated heterocycles. The van der Waals surface area contributed by atoms with E-state index in [9.17, 15) is 0 Å². The van der Waals surface area contributed by atoms with Crippen molar-refractivity contribution in [3.8, 4) is 6.07 Å². The molecule has 2 aromatic rings. The second kappa shape index (κ2) is 5.46. The van der Waals surface area contributed by atoms with E-state index in [1.54, 1.807) is 11.3 Å². The Morgan fingerprint density at radius 3 is 3.06 bits per heavy atom. The minimum absolute atomic E-state index is 0.697. The third kappa shape index (κ3) is 2.83. The van der Waals surface area contributed by atoms with E-state index in [0.717, 1.165) is 29.9 Å². The molecule has 2 rings (SSSR count). The Balaban J connectivity index is 2.02. The van der Waals surface area contributed by atoms with Crippen molar-refractivity contribution in [2.24, 2.45) is 0 Å². The smallest absolute Gasteiger partial charge is 0.101 e. The Morgan fingerprint density at radius 1 is 1.47 bits per heavy atom. The van der Waals surface area contributed by atoms with Gasteiger partial charge in [0, 0.05) is 18.3 Å². The van der Waals surface area contributed by atoms with E-state index in [1.165, 1.54) is 0 Å². The Morgan fingerprint density at radius 2 is 2.35 bits per heavy atom. The zero-order valence-electron chi connectivity index (χ0n) is 9.60. The van der Waals surface area contributed by atoms with Crippen LogP contribution >= 0.6 is 11.3 Å². The largest absolute Gasteiger partial charge is 0.383 e. The summed E-state index contributed by atoms with van der Waals surface area (Å²) in [6.45, 7) is 2.80. The molecule has 0 spiro atoms. The van der Waals surface area contributed by atoms with E-state index in [0.29, 0.717) is 5.56 Å². The van der Waals surface area contributed by atoms with Crippen LogP contribution in [0.3, 0.4) is 0 Å². The Bertz CT molecular complexity index is 526. The molecule has 0 fully saturated rings. The fourth-order valence-electron chi connectivity index (χ4n) is 1.67. The lowest BCUT2D eigenvalue weighted by Crippen LogP contribution is -2.07. The molecule has 0 aliphatic carbocycles. The van der Waals surface area contributed by atoms with Gasteiger partial charge in [-0.25, -0.2) is 4.98 Å². The zero-order valence-corrected chi connectivity index (χ0v) is 10.4. The second-order valence-corrected chi connectivity index (χ2v) is 4.48. The average Bonchev–Trinajstić information content (AvgIpc) is 2.84. The van der Waals surface area contributed by atoms with Gasteiger partial charge < -0.3 is 5.32 Å². The standard InChI is InChI=1S/C13H13N3S/c1-10-3-2-4-11(7-14)13(10)15-6-5-12-8-17-9-16-12/h2-4,8-9,15H,5-6H2,1H3. The number of anilines is 1. The van der Waals surface area contributed by atoms with E-state index < -0.39 is 0 Å². The van der Waals surface area contributed by atoms with E-state index in [-0.39, 0.29) is 0 Å². The van der Waals surface area contributed by atoms with Gasteiger partial charge in [-0.05, 0) is 18.6 Å². The number of aryl methyl sites for hydroxylation is 1. The number of nitriles is 1. The number of benzene rings is 1. The normalized spacial score (nSPS) is 9.88. The molecule has 17 heavy (non-hydrogen) atoms. The molecule has 0 atom stereocenters. The summed E-state index contributed by atoms with van der Waals surface area (Å²) >= 11 is 1.61. The topological polar surface area (TPSA) is 48.7 Å². The molecule has 0 amide bonds. The lowest BCUT2D eigenvalue weighted by atomic mass is 10.1. The van der Waals surface area contributed by atoms with Crippen molar-refractivity contribution in [2.75, 3.05) is 11.9 Å². The molecular weight excluding hydrogens is 230 g/mol. The summed E-state index contributed by atoms with van der Waals surface area (Å²) in [4.78, 5) is 4.23. The number of hydrogen-bond acceptors (Lipinski definition) is 4. The van der Waals surface area contributed by atoms with Gasteiger partial charge in [0.25, 0.3) is 0 Å². The Hall–Kier alpha value is -1.86. The van der Waals surface area contributed by atoms with Crippen molar-refractivity contribution in [1.29, 1.82) is 5.26 Å². The van der Waals surface area contributed by atoms with E-state index >= 15 is 0 Å². The van der Waals surface area contributed by atoms with Crippen LogP contribution in [0.4, 0.5) is 5.69 Å². The molecule has 0 saturated carbocycles. The number of aromatic nitrogens is 1.